The van der Waals surface area contributed by atoms with E-state index in [2.05, 4.69) is 4.72 Å². The van der Waals surface area contributed by atoms with Crippen molar-refractivity contribution in [2.24, 2.45) is 0 Å². The monoisotopic (exact) mass is 445 g/mol. The largest absolute Gasteiger partial charge is 0.494 e. The second-order valence-electron chi connectivity index (χ2n) is 6.59. The smallest absolute Gasteiger partial charge is 0.307 e. The van der Waals surface area contributed by atoms with Gasteiger partial charge in [-0.3, -0.25) is 9.59 Å². The molecule has 0 aliphatic rings. The fraction of sp³-hybridized carbons (Fsp3) is 0.182. The molecule has 0 radical (unpaired) electrons. The average molecular weight is 445 g/mol. The highest BCUT2D eigenvalue weighted by Crippen LogP contribution is 2.19. The minimum Gasteiger partial charge on any atom is -0.494 e. The minimum atomic E-state index is -3.81. The van der Waals surface area contributed by atoms with E-state index in [-0.39, 0.29) is 29.2 Å². The molecule has 3 aromatic carbocycles. The van der Waals surface area contributed by atoms with Crippen molar-refractivity contribution < 1.29 is 31.9 Å². The van der Waals surface area contributed by atoms with Crippen LogP contribution in [0.3, 0.4) is 0 Å². The number of rotatable bonds is 9. The van der Waals surface area contributed by atoms with E-state index in [1.807, 2.05) is 18.2 Å². The lowest BCUT2D eigenvalue weighted by molar-refractivity contribution is -0.142. The summed E-state index contributed by atoms with van der Waals surface area (Å²) in [6, 6.07) is 15.7. The zero-order valence-corrected chi connectivity index (χ0v) is 17.4. The number of ether oxygens (including phenoxy) is 2. The molecule has 0 aliphatic heterocycles. The summed E-state index contributed by atoms with van der Waals surface area (Å²) in [4.78, 5) is 23.9. The Hall–Kier alpha value is -3.30. The van der Waals surface area contributed by atoms with E-state index >= 15 is 0 Å². The Morgan fingerprint density at radius 1 is 1.00 bits per heavy atom. The van der Waals surface area contributed by atoms with Crippen LogP contribution in [0.1, 0.15) is 16.8 Å². The third-order valence-corrected chi connectivity index (χ3v) is 5.95. The predicted octanol–water partition coefficient (Wildman–Crippen LogP) is 3.08. The number of halogens is 1. The molecule has 0 heterocycles. The molecule has 0 aliphatic carbocycles. The van der Waals surface area contributed by atoms with Crippen molar-refractivity contribution in [1.29, 1.82) is 0 Å². The molecule has 3 aromatic rings. The van der Waals surface area contributed by atoms with Gasteiger partial charge in [0.1, 0.15) is 0 Å². The van der Waals surface area contributed by atoms with Gasteiger partial charge in [0, 0.05) is 12.1 Å². The zero-order valence-electron chi connectivity index (χ0n) is 16.6. The normalized spacial score (nSPS) is 11.3. The molecule has 31 heavy (non-hydrogen) atoms. The van der Waals surface area contributed by atoms with Crippen LogP contribution in [0.15, 0.2) is 65.6 Å². The summed E-state index contributed by atoms with van der Waals surface area (Å²) in [5.41, 5.74) is 0.0307. The van der Waals surface area contributed by atoms with E-state index in [4.69, 9.17) is 9.47 Å². The molecule has 0 saturated heterocycles. The Bertz CT molecular complexity index is 1230. The van der Waals surface area contributed by atoms with Gasteiger partial charge in [-0.15, -0.1) is 0 Å². The number of Topliss-reactive ketones (excluding diaryl/α,β-unsaturated/α-hetero) is 1. The molecule has 0 unspecified atom stereocenters. The van der Waals surface area contributed by atoms with Gasteiger partial charge in [0.15, 0.2) is 24.0 Å². The maximum atomic E-state index is 13.7. The summed E-state index contributed by atoms with van der Waals surface area (Å²) >= 11 is 0. The van der Waals surface area contributed by atoms with Crippen molar-refractivity contribution in [1.82, 2.24) is 4.72 Å². The van der Waals surface area contributed by atoms with Gasteiger partial charge in [-0.25, -0.2) is 17.5 Å². The number of ketones is 1. The summed E-state index contributed by atoms with van der Waals surface area (Å²) < 4.78 is 50.5. The van der Waals surface area contributed by atoms with Gasteiger partial charge in [0.2, 0.25) is 10.0 Å². The molecule has 7 nitrogen and oxygen atoms in total. The van der Waals surface area contributed by atoms with Crippen LogP contribution in [0, 0.1) is 5.82 Å². The van der Waals surface area contributed by atoms with Gasteiger partial charge in [-0.1, -0.05) is 30.3 Å². The van der Waals surface area contributed by atoms with Gasteiger partial charge in [0.05, 0.1) is 18.4 Å². The van der Waals surface area contributed by atoms with Gasteiger partial charge in [0.25, 0.3) is 0 Å². The molecular weight excluding hydrogens is 425 g/mol. The third kappa shape index (κ3) is 5.65. The zero-order chi connectivity index (χ0) is 22.4. The molecule has 0 saturated carbocycles. The summed E-state index contributed by atoms with van der Waals surface area (Å²) in [6.45, 7) is -0.776. The van der Waals surface area contributed by atoms with E-state index < -0.39 is 34.2 Å². The van der Waals surface area contributed by atoms with Crippen LogP contribution >= 0.6 is 0 Å². The third-order valence-electron chi connectivity index (χ3n) is 4.49. The molecule has 0 aromatic heterocycles. The number of sulfonamides is 1. The highest BCUT2D eigenvalue weighted by Gasteiger charge is 2.16. The average Bonchev–Trinajstić information content (AvgIpc) is 2.76. The van der Waals surface area contributed by atoms with Crippen molar-refractivity contribution in [3.8, 4) is 5.75 Å². The number of benzene rings is 3. The van der Waals surface area contributed by atoms with Crippen LogP contribution in [0.4, 0.5) is 4.39 Å². The van der Waals surface area contributed by atoms with Crippen LogP contribution in [0.25, 0.3) is 10.8 Å². The quantitative estimate of drug-likeness (QED) is 0.402. The van der Waals surface area contributed by atoms with Crippen molar-refractivity contribution in [3.63, 3.8) is 0 Å². The lowest BCUT2D eigenvalue weighted by atomic mass is 10.1. The Morgan fingerprint density at radius 3 is 2.45 bits per heavy atom. The van der Waals surface area contributed by atoms with E-state index in [0.29, 0.717) is 0 Å². The highest BCUT2D eigenvalue weighted by atomic mass is 32.2. The summed E-state index contributed by atoms with van der Waals surface area (Å²) in [5, 5.41) is 1.68. The van der Waals surface area contributed by atoms with Gasteiger partial charge >= 0.3 is 5.97 Å². The lowest BCUT2D eigenvalue weighted by Gasteiger charge is -2.08. The molecule has 0 bridgehead atoms. The Morgan fingerprint density at radius 2 is 1.74 bits per heavy atom. The predicted molar refractivity (Wildman–Crippen MR) is 112 cm³/mol. The molecule has 0 fully saturated rings. The summed E-state index contributed by atoms with van der Waals surface area (Å²) in [7, 11) is -2.51. The highest BCUT2D eigenvalue weighted by molar-refractivity contribution is 7.89. The van der Waals surface area contributed by atoms with Crippen LogP contribution in [0.5, 0.6) is 5.75 Å². The number of hydrogen-bond donors (Lipinski definition) is 1. The first-order valence-corrected chi connectivity index (χ1v) is 10.8. The first-order valence-electron chi connectivity index (χ1n) is 9.31. The van der Waals surface area contributed by atoms with E-state index in [1.54, 1.807) is 18.2 Å². The number of hydrogen-bond acceptors (Lipinski definition) is 6. The number of carbonyl (C=O) groups is 2. The number of carbonyl (C=O) groups excluding carboxylic acids is 2. The van der Waals surface area contributed by atoms with E-state index in [0.717, 1.165) is 16.8 Å². The Balaban J connectivity index is 1.50. The molecule has 0 atom stereocenters. The van der Waals surface area contributed by atoms with Crippen molar-refractivity contribution in [2.45, 2.75) is 11.3 Å². The molecule has 0 spiro atoms. The van der Waals surface area contributed by atoms with E-state index in [9.17, 15) is 22.4 Å². The first-order chi connectivity index (χ1) is 14.8. The first kappa shape index (κ1) is 22.4. The van der Waals surface area contributed by atoms with Crippen molar-refractivity contribution in [3.05, 3.63) is 72.0 Å². The maximum Gasteiger partial charge on any atom is 0.307 e. The van der Waals surface area contributed by atoms with Gasteiger partial charge in [-0.05, 0) is 41.1 Å². The van der Waals surface area contributed by atoms with E-state index in [1.165, 1.54) is 25.3 Å². The minimum absolute atomic E-state index is 0.00718. The van der Waals surface area contributed by atoms with Gasteiger partial charge in [-0.2, -0.15) is 0 Å². The summed E-state index contributed by atoms with van der Waals surface area (Å²) in [6.07, 6.45) is -0.267. The van der Waals surface area contributed by atoms with Crippen molar-refractivity contribution in [2.75, 3.05) is 20.3 Å². The fourth-order valence-corrected chi connectivity index (χ4v) is 3.91. The van der Waals surface area contributed by atoms with Crippen LogP contribution in [0.2, 0.25) is 0 Å². The number of methoxy groups -OCH3 is 1. The molecule has 0 amide bonds. The Kier molecular flexibility index (Phi) is 6.98. The van der Waals surface area contributed by atoms with Crippen LogP contribution in [-0.2, 0) is 19.6 Å². The van der Waals surface area contributed by atoms with Gasteiger partial charge < -0.3 is 9.47 Å². The fourth-order valence-electron chi connectivity index (χ4n) is 2.85. The number of fused-ring (bicyclic) bond motifs is 1. The van der Waals surface area contributed by atoms with Crippen LogP contribution < -0.4 is 9.46 Å². The molecule has 1 N–H and O–H groups in total. The summed E-state index contributed by atoms with van der Waals surface area (Å²) in [5.74, 6) is -2.06. The van der Waals surface area contributed by atoms with Crippen molar-refractivity contribution >= 4 is 32.5 Å². The molecule has 9 heteroatoms. The number of nitrogens with one attached hydrogen (secondary N) is 1. The SMILES string of the molecule is COc1ccc(C(=O)COC(=O)CCNS(=O)(=O)c2ccc3ccccc3c2)cc1F. The standard InChI is InChI=1S/C22H20FNO6S/c1-29-21-9-7-17(13-19(21)23)20(25)14-30-22(26)10-11-24-31(27,28)18-8-6-15-4-2-3-5-16(15)12-18/h2-9,12-13,24H,10-11,14H2,1H3. The Labute approximate surface area is 178 Å². The maximum absolute atomic E-state index is 13.7. The molecule has 162 valence electrons. The number of esters is 1. The lowest BCUT2D eigenvalue weighted by Crippen LogP contribution is -2.27. The second kappa shape index (κ2) is 9.67. The topological polar surface area (TPSA) is 98.8 Å². The second-order valence-corrected chi connectivity index (χ2v) is 8.36. The van der Waals surface area contributed by atoms with Crippen LogP contribution in [-0.4, -0.2) is 40.4 Å². The molecular formula is C22H20FNO6S. The molecule has 3 rings (SSSR count).